The zero-order valence-electron chi connectivity index (χ0n) is 16.7. The smallest absolute Gasteiger partial charge is 0.344 e. The van der Waals surface area contributed by atoms with E-state index >= 15 is 0 Å². The molecule has 0 saturated heterocycles. The van der Waals surface area contributed by atoms with Crippen molar-refractivity contribution in [3.05, 3.63) is 69.0 Å². The highest BCUT2D eigenvalue weighted by Crippen LogP contribution is 2.36. The molecule has 4 rings (SSSR count). The highest BCUT2D eigenvalue weighted by molar-refractivity contribution is 9.10. The molecule has 1 aromatic heterocycles. The predicted octanol–water partition coefficient (Wildman–Crippen LogP) is 5.31. The average molecular weight is 471 g/mol. The van der Waals surface area contributed by atoms with Gasteiger partial charge in [-0.05, 0) is 35.9 Å². The normalized spacial score (nSPS) is 10.9. The van der Waals surface area contributed by atoms with Crippen molar-refractivity contribution in [2.24, 2.45) is 0 Å². The summed E-state index contributed by atoms with van der Waals surface area (Å²) >= 11 is 3.39. The van der Waals surface area contributed by atoms with Crippen LogP contribution in [-0.2, 0) is 6.61 Å². The van der Waals surface area contributed by atoms with Crippen LogP contribution in [0.25, 0.3) is 21.7 Å². The first-order chi connectivity index (χ1) is 14.5. The van der Waals surface area contributed by atoms with E-state index in [-0.39, 0.29) is 6.61 Å². The number of methoxy groups -OCH3 is 3. The Hall–Kier alpha value is -3.19. The SMILES string of the molecule is COc1cc(COc2cc3oc(=O)c4cc(Br)ccc4c3cc2OC)cc(OC)c1. The third-order valence-electron chi connectivity index (χ3n) is 4.77. The van der Waals surface area contributed by atoms with Crippen molar-refractivity contribution in [3.8, 4) is 23.0 Å². The summed E-state index contributed by atoms with van der Waals surface area (Å²) in [4.78, 5) is 12.4. The van der Waals surface area contributed by atoms with E-state index in [0.717, 1.165) is 20.8 Å². The van der Waals surface area contributed by atoms with Crippen molar-refractivity contribution >= 4 is 37.7 Å². The van der Waals surface area contributed by atoms with Crippen LogP contribution in [0.3, 0.4) is 0 Å². The van der Waals surface area contributed by atoms with Crippen LogP contribution in [0.2, 0.25) is 0 Å². The third-order valence-corrected chi connectivity index (χ3v) is 5.26. The van der Waals surface area contributed by atoms with Gasteiger partial charge in [0.1, 0.15) is 23.7 Å². The monoisotopic (exact) mass is 470 g/mol. The molecule has 0 N–H and O–H groups in total. The molecule has 4 aromatic rings. The number of halogens is 1. The van der Waals surface area contributed by atoms with Crippen LogP contribution in [0.1, 0.15) is 5.56 Å². The lowest BCUT2D eigenvalue weighted by atomic mass is 10.1. The molecule has 0 aliphatic heterocycles. The van der Waals surface area contributed by atoms with E-state index in [1.807, 2.05) is 30.3 Å². The number of rotatable bonds is 6. The van der Waals surface area contributed by atoms with Crippen molar-refractivity contribution in [3.63, 3.8) is 0 Å². The van der Waals surface area contributed by atoms with E-state index in [1.165, 1.54) is 0 Å². The lowest BCUT2D eigenvalue weighted by Crippen LogP contribution is -2.02. The lowest BCUT2D eigenvalue weighted by molar-refractivity contribution is 0.283. The molecule has 154 valence electrons. The Bertz CT molecular complexity index is 1270. The predicted molar refractivity (Wildman–Crippen MR) is 118 cm³/mol. The van der Waals surface area contributed by atoms with Gasteiger partial charge in [-0.25, -0.2) is 4.79 Å². The Morgan fingerprint density at radius 2 is 1.53 bits per heavy atom. The number of hydrogen-bond donors (Lipinski definition) is 0. The van der Waals surface area contributed by atoms with E-state index in [9.17, 15) is 4.79 Å². The molecule has 0 spiro atoms. The molecular weight excluding hydrogens is 452 g/mol. The lowest BCUT2D eigenvalue weighted by Gasteiger charge is -2.14. The zero-order chi connectivity index (χ0) is 21.3. The topological polar surface area (TPSA) is 67.1 Å². The Morgan fingerprint density at radius 3 is 2.20 bits per heavy atom. The van der Waals surface area contributed by atoms with Gasteiger partial charge in [0.15, 0.2) is 11.5 Å². The second kappa shape index (κ2) is 8.28. The highest BCUT2D eigenvalue weighted by atomic mass is 79.9. The average Bonchev–Trinajstić information content (AvgIpc) is 2.77. The summed E-state index contributed by atoms with van der Waals surface area (Å²) in [6, 6.07) is 14.5. The van der Waals surface area contributed by atoms with Crippen LogP contribution < -0.4 is 24.6 Å². The first-order valence-corrected chi connectivity index (χ1v) is 9.90. The molecule has 0 fully saturated rings. The molecule has 1 heterocycles. The van der Waals surface area contributed by atoms with Gasteiger partial charge < -0.3 is 23.4 Å². The molecule has 3 aromatic carbocycles. The van der Waals surface area contributed by atoms with Gasteiger partial charge in [0, 0.05) is 27.4 Å². The van der Waals surface area contributed by atoms with Gasteiger partial charge in [-0.1, -0.05) is 22.0 Å². The van der Waals surface area contributed by atoms with Crippen LogP contribution in [0.15, 0.2) is 62.2 Å². The highest BCUT2D eigenvalue weighted by Gasteiger charge is 2.14. The Balaban J connectivity index is 1.75. The molecule has 0 unspecified atom stereocenters. The second-order valence-electron chi connectivity index (χ2n) is 6.59. The summed E-state index contributed by atoms with van der Waals surface area (Å²) < 4.78 is 28.5. The summed E-state index contributed by atoms with van der Waals surface area (Å²) in [7, 11) is 4.76. The number of ether oxygens (including phenoxy) is 4. The number of fused-ring (bicyclic) bond motifs is 3. The van der Waals surface area contributed by atoms with Crippen LogP contribution in [0.5, 0.6) is 23.0 Å². The van der Waals surface area contributed by atoms with Crippen molar-refractivity contribution in [2.75, 3.05) is 21.3 Å². The summed E-state index contributed by atoms with van der Waals surface area (Å²) in [5.74, 6) is 2.34. The summed E-state index contributed by atoms with van der Waals surface area (Å²) in [6.45, 7) is 0.250. The molecule has 0 atom stereocenters. The van der Waals surface area contributed by atoms with Gasteiger partial charge in [-0.3, -0.25) is 0 Å². The molecule has 6 nitrogen and oxygen atoms in total. The maximum absolute atomic E-state index is 12.4. The first-order valence-electron chi connectivity index (χ1n) is 9.11. The van der Waals surface area contributed by atoms with Crippen LogP contribution in [0.4, 0.5) is 0 Å². The fourth-order valence-corrected chi connectivity index (χ4v) is 3.66. The van der Waals surface area contributed by atoms with Crippen molar-refractivity contribution in [1.29, 1.82) is 0 Å². The molecule has 0 radical (unpaired) electrons. The fourth-order valence-electron chi connectivity index (χ4n) is 3.29. The van der Waals surface area contributed by atoms with Gasteiger partial charge in [0.25, 0.3) is 0 Å². The maximum Gasteiger partial charge on any atom is 0.344 e. The van der Waals surface area contributed by atoms with E-state index in [4.69, 9.17) is 23.4 Å². The Labute approximate surface area is 181 Å². The molecular formula is C23H19BrO6. The van der Waals surface area contributed by atoms with E-state index in [2.05, 4.69) is 15.9 Å². The summed E-state index contributed by atoms with van der Waals surface area (Å²) in [5, 5.41) is 2.05. The Morgan fingerprint density at radius 1 is 0.800 bits per heavy atom. The van der Waals surface area contributed by atoms with Gasteiger partial charge >= 0.3 is 5.63 Å². The van der Waals surface area contributed by atoms with Crippen LogP contribution in [0, 0.1) is 0 Å². The Kier molecular flexibility index (Phi) is 5.55. The minimum atomic E-state index is -0.410. The molecule has 0 aliphatic carbocycles. The van der Waals surface area contributed by atoms with Crippen molar-refractivity contribution < 1.29 is 23.4 Å². The third kappa shape index (κ3) is 3.80. The maximum atomic E-state index is 12.4. The fraction of sp³-hybridized carbons (Fsp3) is 0.174. The molecule has 7 heteroatoms. The molecule has 0 saturated carbocycles. The minimum absolute atomic E-state index is 0.250. The van der Waals surface area contributed by atoms with Crippen LogP contribution in [-0.4, -0.2) is 21.3 Å². The first kappa shape index (κ1) is 20.1. The molecule has 0 aliphatic rings. The zero-order valence-corrected chi connectivity index (χ0v) is 18.2. The minimum Gasteiger partial charge on any atom is -0.497 e. The largest absolute Gasteiger partial charge is 0.497 e. The second-order valence-corrected chi connectivity index (χ2v) is 7.50. The van der Waals surface area contributed by atoms with Crippen molar-refractivity contribution in [1.82, 2.24) is 0 Å². The van der Waals surface area contributed by atoms with Gasteiger partial charge in [0.2, 0.25) is 0 Å². The number of benzene rings is 3. The van der Waals surface area contributed by atoms with E-state index in [1.54, 1.807) is 39.5 Å². The molecule has 0 bridgehead atoms. The quantitative estimate of drug-likeness (QED) is 0.280. The summed E-state index contributed by atoms with van der Waals surface area (Å²) in [6.07, 6.45) is 0. The van der Waals surface area contributed by atoms with Gasteiger partial charge in [0.05, 0.1) is 26.7 Å². The molecule has 30 heavy (non-hydrogen) atoms. The number of hydrogen-bond acceptors (Lipinski definition) is 6. The van der Waals surface area contributed by atoms with E-state index < -0.39 is 5.63 Å². The van der Waals surface area contributed by atoms with E-state index in [0.29, 0.717) is 34.0 Å². The van der Waals surface area contributed by atoms with Gasteiger partial charge in [-0.15, -0.1) is 0 Å². The van der Waals surface area contributed by atoms with Gasteiger partial charge in [-0.2, -0.15) is 0 Å². The summed E-state index contributed by atoms with van der Waals surface area (Å²) in [5.41, 5.74) is 0.874. The van der Waals surface area contributed by atoms with Crippen LogP contribution >= 0.6 is 15.9 Å². The standard InChI is InChI=1S/C23H19BrO6/c1-26-15-6-13(7-16(9-15)27-2)12-29-22-11-20-18(10-21(22)28-3)17-5-4-14(24)8-19(17)23(25)30-20/h4-11H,12H2,1-3H3. The van der Waals surface area contributed by atoms with Crippen molar-refractivity contribution in [2.45, 2.75) is 6.61 Å². The molecule has 0 amide bonds.